The molecule has 0 aromatic heterocycles. The maximum absolute atomic E-state index is 12.9. The smallest absolute Gasteiger partial charge is 0.189 e. The van der Waals surface area contributed by atoms with E-state index in [0.29, 0.717) is 49.7 Å². The van der Waals surface area contributed by atoms with Crippen LogP contribution in [0.3, 0.4) is 0 Å². The fraction of sp³-hybridized carbons (Fsp3) is 0.500. The van der Waals surface area contributed by atoms with Crippen molar-refractivity contribution in [2.45, 2.75) is 66.2 Å². The third-order valence-corrected chi connectivity index (χ3v) is 6.23. The van der Waals surface area contributed by atoms with Crippen LogP contribution in [0.1, 0.15) is 66.2 Å². The van der Waals surface area contributed by atoms with E-state index in [0.717, 1.165) is 0 Å². The van der Waals surface area contributed by atoms with Gasteiger partial charge in [-0.3, -0.25) is 19.2 Å². The summed E-state index contributed by atoms with van der Waals surface area (Å²) in [7, 11) is 0. The monoisotopic (exact) mass is 468 g/mol. The Bertz CT molecular complexity index is 918. The third-order valence-electron chi connectivity index (χ3n) is 6.23. The van der Waals surface area contributed by atoms with Gasteiger partial charge in [-0.2, -0.15) is 0 Å². The topological polar surface area (TPSA) is 109 Å². The van der Waals surface area contributed by atoms with E-state index in [1.165, 1.54) is 36.5 Å². The Kier molecular flexibility index (Phi) is 9.42. The van der Waals surface area contributed by atoms with Crippen LogP contribution in [0.25, 0.3) is 0 Å². The molecule has 2 N–H and O–H groups in total. The highest BCUT2D eigenvalue weighted by molar-refractivity contribution is 6.23. The lowest BCUT2D eigenvalue weighted by Crippen LogP contribution is -2.18. The Morgan fingerprint density at radius 3 is 1.32 bits per heavy atom. The molecule has 184 valence electrons. The van der Waals surface area contributed by atoms with Crippen molar-refractivity contribution >= 4 is 23.1 Å². The Morgan fingerprint density at radius 2 is 1.00 bits per heavy atom. The van der Waals surface area contributed by atoms with Crippen LogP contribution >= 0.6 is 0 Å². The van der Waals surface area contributed by atoms with E-state index in [2.05, 4.69) is 0 Å². The first-order valence-electron chi connectivity index (χ1n) is 11.8. The summed E-state index contributed by atoms with van der Waals surface area (Å²) >= 11 is 0. The molecule has 0 heterocycles. The molecule has 2 aliphatic rings. The number of hydrogen-bond donors (Lipinski definition) is 2. The fourth-order valence-corrected chi connectivity index (χ4v) is 3.84. The molecule has 0 amide bonds. The molecule has 0 aromatic rings. The van der Waals surface area contributed by atoms with Crippen LogP contribution in [0.5, 0.6) is 0 Å². The van der Waals surface area contributed by atoms with Crippen molar-refractivity contribution in [3.8, 4) is 0 Å². The van der Waals surface area contributed by atoms with Crippen molar-refractivity contribution in [1.82, 2.24) is 0 Å². The predicted molar refractivity (Wildman–Crippen MR) is 131 cm³/mol. The maximum Gasteiger partial charge on any atom is 0.189 e. The van der Waals surface area contributed by atoms with Gasteiger partial charge in [0.1, 0.15) is 0 Å². The van der Waals surface area contributed by atoms with Gasteiger partial charge in [0.25, 0.3) is 0 Å². The minimum absolute atomic E-state index is 0.0459. The van der Waals surface area contributed by atoms with Crippen molar-refractivity contribution < 1.29 is 29.4 Å². The van der Waals surface area contributed by atoms with Gasteiger partial charge in [-0.25, -0.2) is 0 Å². The van der Waals surface area contributed by atoms with Gasteiger partial charge in [-0.05, 0) is 73.7 Å². The molecule has 6 nitrogen and oxygen atoms in total. The lowest BCUT2D eigenvalue weighted by Gasteiger charge is -2.22. The van der Waals surface area contributed by atoms with Crippen molar-refractivity contribution in [3.05, 3.63) is 58.7 Å². The van der Waals surface area contributed by atoms with Crippen LogP contribution in [-0.4, -0.2) is 46.6 Å². The molecule has 0 unspecified atom stereocenters. The SMILES string of the molecule is CC(C)(CO)CCCC1=CC(=O)C=C(/C=C\C2=CC(=O)C=C(CCCC(C)(C)CO)C2=O)C1=O. The zero-order chi connectivity index (χ0) is 25.5. The van der Waals surface area contributed by atoms with Crippen LogP contribution in [0.4, 0.5) is 0 Å². The molecule has 0 saturated heterocycles. The first-order chi connectivity index (χ1) is 15.9. The Balaban J connectivity index is 2.04. The van der Waals surface area contributed by atoms with E-state index in [4.69, 9.17) is 0 Å². The van der Waals surface area contributed by atoms with Crippen LogP contribution < -0.4 is 0 Å². The zero-order valence-corrected chi connectivity index (χ0v) is 20.6. The van der Waals surface area contributed by atoms with E-state index >= 15 is 0 Å². The molecule has 0 spiro atoms. The number of aliphatic hydroxyl groups is 2. The molecule has 0 radical (unpaired) electrons. The summed E-state index contributed by atoms with van der Waals surface area (Å²) < 4.78 is 0. The van der Waals surface area contributed by atoms with Gasteiger partial charge in [0.2, 0.25) is 0 Å². The number of ketones is 4. The Labute approximate surface area is 201 Å². The van der Waals surface area contributed by atoms with Gasteiger partial charge in [0, 0.05) is 35.5 Å². The quantitative estimate of drug-likeness (QED) is 0.420. The van der Waals surface area contributed by atoms with E-state index in [1.54, 1.807) is 0 Å². The van der Waals surface area contributed by atoms with Crippen LogP contribution in [-0.2, 0) is 19.2 Å². The third kappa shape index (κ3) is 7.96. The van der Waals surface area contributed by atoms with Gasteiger partial charge >= 0.3 is 0 Å². The summed E-state index contributed by atoms with van der Waals surface area (Å²) in [5.74, 6) is -1.12. The Morgan fingerprint density at radius 1 is 0.647 bits per heavy atom. The highest BCUT2D eigenvalue weighted by Gasteiger charge is 2.24. The largest absolute Gasteiger partial charge is 0.396 e. The van der Waals surface area contributed by atoms with Crippen LogP contribution in [0.2, 0.25) is 0 Å². The van der Waals surface area contributed by atoms with Gasteiger partial charge in [0.15, 0.2) is 23.1 Å². The van der Waals surface area contributed by atoms with Crippen molar-refractivity contribution in [3.63, 3.8) is 0 Å². The highest BCUT2D eigenvalue weighted by Crippen LogP contribution is 2.28. The van der Waals surface area contributed by atoms with E-state index < -0.39 is 0 Å². The van der Waals surface area contributed by atoms with Gasteiger partial charge in [0.05, 0.1) is 0 Å². The molecular formula is C28H36O6. The van der Waals surface area contributed by atoms with Crippen molar-refractivity contribution in [2.24, 2.45) is 10.8 Å². The number of aliphatic hydroxyl groups excluding tert-OH is 2. The second kappa shape index (κ2) is 11.6. The summed E-state index contributed by atoms with van der Waals surface area (Å²) in [6.45, 7) is 7.85. The van der Waals surface area contributed by atoms with E-state index in [9.17, 15) is 29.4 Å². The van der Waals surface area contributed by atoms with Crippen molar-refractivity contribution in [2.75, 3.05) is 13.2 Å². The number of allylic oxidation sites excluding steroid dienone is 10. The Hall–Kier alpha value is -2.70. The molecule has 0 fully saturated rings. The highest BCUT2D eigenvalue weighted by atomic mass is 16.3. The fourth-order valence-electron chi connectivity index (χ4n) is 3.84. The normalized spacial score (nSPS) is 17.7. The summed E-state index contributed by atoms with van der Waals surface area (Å²) in [4.78, 5) is 50.0. The second-order valence-corrected chi connectivity index (χ2v) is 10.7. The number of Topliss-reactive ketones (excluding diaryl/α,β-unsaturated/α-hetero) is 2. The number of rotatable bonds is 12. The zero-order valence-electron chi connectivity index (χ0n) is 20.6. The second-order valence-electron chi connectivity index (χ2n) is 10.7. The summed E-state index contributed by atoms with van der Waals surface area (Å²) in [6.07, 6.45) is 11.6. The number of carbonyl (C=O) groups is 4. The molecule has 0 saturated carbocycles. The number of carbonyl (C=O) groups excluding carboxylic acids is 4. The van der Waals surface area contributed by atoms with Gasteiger partial charge < -0.3 is 10.2 Å². The van der Waals surface area contributed by atoms with E-state index in [1.807, 2.05) is 27.7 Å². The standard InChI is InChI=1S/C28H36O6/c1-27(2,17-29)11-5-7-19-13-23(31)15-21(25(19)33)9-10-22-16-24(32)14-20(26(22)34)8-6-12-28(3,4)18-30/h9-10,13-16,29-30H,5-8,11-12,17-18H2,1-4H3/b10-9-. The first-order valence-corrected chi connectivity index (χ1v) is 11.8. The lowest BCUT2D eigenvalue weighted by molar-refractivity contribution is -0.115. The summed E-state index contributed by atoms with van der Waals surface area (Å²) in [5.41, 5.74) is 0.693. The van der Waals surface area contributed by atoms with Crippen molar-refractivity contribution in [1.29, 1.82) is 0 Å². The van der Waals surface area contributed by atoms with Gasteiger partial charge in [-0.15, -0.1) is 0 Å². The van der Waals surface area contributed by atoms with Crippen LogP contribution in [0, 0.1) is 10.8 Å². The average Bonchev–Trinajstić information content (AvgIpc) is 2.77. The summed E-state index contributed by atoms with van der Waals surface area (Å²) in [6, 6.07) is 0. The van der Waals surface area contributed by atoms with E-state index in [-0.39, 0.29) is 58.3 Å². The molecule has 34 heavy (non-hydrogen) atoms. The minimum atomic E-state index is -0.289. The molecule has 6 heteroatoms. The maximum atomic E-state index is 12.9. The summed E-state index contributed by atoms with van der Waals surface area (Å²) in [5, 5.41) is 18.8. The first kappa shape index (κ1) is 27.5. The molecule has 0 bridgehead atoms. The van der Waals surface area contributed by atoms with Crippen LogP contribution in [0.15, 0.2) is 58.7 Å². The predicted octanol–water partition coefficient (Wildman–Crippen LogP) is 3.93. The molecule has 0 aromatic carbocycles. The molecule has 0 aliphatic heterocycles. The minimum Gasteiger partial charge on any atom is -0.396 e. The van der Waals surface area contributed by atoms with Gasteiger partial charge in [-0.1, -0.05) is 39.8 Å². The number of hydrogen-bond acceptors (Lipinski definition) is 6. The molecule has 2 rings (SSSR count). The average molecular weight is 469 g/mol. The lowest BCUT2D eigenvalue weighted by atomic mass is 9.84. The molecular weight excluding hydrogens is 432 g/mol. The molecule has 0 atom stereocenters. The molecule has 2 aliphatic carbocycles.